The van der Waals surface area contributed by atoms with Crippen LogP contribution in [-0.2, 0) is 0 Å². The van der Waals surface area contributed by atoms with Gasteiger partial charge in [0.25, 0.3) is 0 Å². The van der Waals surface area contributed by atoms with Crippen molar-refractivity contribution in [2.45, 2.75) is 12.3 Å². The Hall–Kier alpha value is -5.80. The van der Waals surface area contributed by atoms with Gasteiger partial charge in [0, 0.05) is 39.4 Å². The summed E-state index contributed by atoms with van der Waals surface area (Å²) in [5, 5.41) is 2.53. The summed E-state index contributed by atoms with van der Waals surface area (Å²) >= 11 is 0. The Bertz CT molecular complexity index is 2270. The molecular formula is C44H33N3. The summed E-state index contributed by atoms with van der Waals surface area (Å²) in [5.74, 6) is 1.95. The van der Waals surface area contributed by atoms with Gasteiger partial charge in [-0.15, -0.1) is 0 Å². The molecule has 3 nitrogen and oxygen atoms in total. The highest BCUT2D eigenvalue weighted by Gasteiger charge is 2.27. The average Bonchev–Trinajstić information content (AvgIpc) is 3.49. The smallest absolute Gasteiger partial charge is 0.160 e. The first-order chi connectivity index (χ1) is 23.3. The van der Waals surface area contributed by atoms with E-state index in [9.17, 15) is 0 Å². The topological polar surface area (TPSA) is 30.7 Å². The Morgan fingerprint density at radius 3 is 1.87 bits per heavy atom. The van der Waals surface area contributed by atoms with Crippen molar-refractivity contribution < 1.29 is 0 Å². The van der Waals surface area contributed by atoms with Crippen molar-refractivity contribution in [3.05, 3.63) is 176 Å². The van der Waals surface area contributed by atoms with Gasteiger partial charge >= 0.3 is 0 Å². The predicted octanol–water partition coefficient (Wildman–Crippen LogP) is 11.0. The maximum atomic E-state index is 5.21. The lowest BCUT2D eigenvalue weighted by Crippen LogP contribution is -2.19. The molecule has 0 amide bonds. The molecule has 5 aromatic carbocycles. The molecule has 2 aromatic heterocycles. The van der Waals surface area contributed by atoms with E-state index in [4.69, 9.17) is 9.97 Å². The molecule has 3 atom stereocenters. The summed E-state index contributed by atoms with van der Waals surface area (Å²) in [6.45, 7) is 0. The SMILES string of the molecule is C1=CC2C[C@@H](c3cc(-c4ccc(-n5c6ccccc6c6ccccc65)cc4)nc(-c4ccc(-c5ccccc5)cc4)n3)C=C[C@H]2C=C1. The molecular weight excluding hydrogens is 571 g/mol. The van der Waals surface area contributed by atoms with Gasteiger partial charge in [0.1, 0.15) is 0 Å². The third-order valence-electron chi connectivity index (χ3n) is 9.77. The highest BCUT2D eigenvalue weighted by atomic mass is 15.0. The fourth-order valence-corrected chi connectivity index (χ4v) is 7.32. The van der Waals surface area contributed by atoms with Crippen LogP contribution in [-0.4, -0.2) is 14.5 Å². The molecule has 0 spiro atoms. The molecule has 224 valence electrons. The standard InChI is InChI=1S/C44H33N3/c1-2-10-30(11-3-1)32-18-21-34(22-19-32)44-45-40(29-41(46-44)36-23-20-31-12-4-5-13-35(31)28-36)33-24-26-37(27-25-33)47-42-16-8-6-14-38(42)39-15-7-9-17-43(39)47/h1-27,29,31,35-36H,28H2/t31-,35?,36+/m1/s1. The Morgan fingerprint density at radius 2 is 1.13 bits per heavy atom. The van der Waals surface area contributed by atoms with E-state index in [0.717, 1.165) is 40.4 Å². The molecule has 2 aliphatic rings. The van der Waals surface area contributed by atoms with Crippen LogP contribution >= 0.6 is 0 Å². The van der Waals surface area contributed by atoms with E-state index in [1.807, 2.05) is 0 Å². The molecule has 2 heterocycles. The molecule has 0 radical (unpaired) electrons. The van der Waals surface area contributed by atoms with Gasteiger partial charge in [0.15, 0.2) is 5.82 Å². The van der Waals surface area contributed by atoms with Gasteiger partial charge in [-0.25, -0.2) is 9.97 Å². The summed E-state index contributed by atoms with van der Waals surface area (Å²) in [5.41, 5.74) is 10.1. The van der Waals surface area contributed by atoms with Crippen molar-refractivity contribution in [3.63, 3.8) is 0 Å². The number of allylic oxidation sites excluding steroid dienone is 6. The average molecular weight is 604 g/mol. The second-order valence-corrected chi connectivity index (χ2v) is 12.6. The van der Waals surface area contributed by atoms with Gasteiger partial charge < -0.3 is 4.57 Å². The van der Waals surface area contributed by atoms with E-state index in [1.54, 1.807) is 0 Å². The Balaban J connectivity index is 1.13. The minimum Gasteiger partial charge on any atom is -0.309 e. The Morgan fingerprint density at radius 1 is 0.511 bits per heavy atom. The highest BCUT2D eigenvalue weighted by Crippen LogP contribution is 2.39. The summed E-state index contributed by atoms with van der Waals surface area (Å²) in [4.78, 5) is 10.4. The molecule has 47 heavy (non-hydrogen) atoms. The quantitative estimate of drug-likeness (QED) is 0.183. The molecule has 0 saturated carbocycles. The van der Waals surface area contributed by atoms with Gasteiger partial charge in [-0.2, -0.15) is 0 Å². The van der Waals surface area contributed by atoms with Crippen molar-refractivity contribution >= 4 is 21.8 Å². The number of fused-ring (bicyclic) bond motifs is 4. The lowest BCUT2D eigenvalue weighted by molar-refractivity contribution is 0.456. The van der Waals surface area contributed by atoms with E-state index in [2.05, 4.69) is 174 Å². The summed E-state index contributed by atoms with van der Waals surface area (Å²) in [6.07, 6.45) is 14.7. The first-order valence-corrected chi connectivity index (χ1v) is 16.5. The molecule has 1 unspecified atom stereocenters. The first kappa shape index (κ1) is 27.5. The largest absolute Gasteiger partial charge is 0.309 e. The Kier molecular flexibility index (Phi) is 6.75. The van der Waals surface area contributed by atoms with Gasteiger partial charge in [-0.3, -0.25) is 0 Å². The van der Waals surface area contributed by atoms with Crippen LogP contribution in [0.1, 0.15) is 18.0 Å². The molecule has 0 saturated heterocycles. The fourth-order valence-electron chi connectivity index (χ4n) is 7.32. The van der Waals surface area contributed by atoms with Crippen LogP contribution in [0.3, 0.4) is 0 Å². The van der Waals surface area contributed by atoms with Crippen LogP contribution in [0.2, 0.25) is 0 Å². The summed E-state index contributed by atoms with van der Waals surface area (Å²) < 4.78 is 2.36. The van der Waals surface area contributed by atoms with Gasteiger partial charge in [0.05, 0.1) is 22.4 Å². The third-order valence-corrected chi connectivity index (χ3v) is 9.77. The lowest BCUT2D eigenvalue weighted by atomic mass is 9.76. The van der Waals surface area contributed by atoms with E-state index < -0.39 is 0 Å². The number of rotatable bonds is 5. The van der Waals surface area contributed by atoms with Gasteiger partial charge in [0.2, 0.25) is 0 Å². The number of benzene rings is 5. The highest BCUT2D eigenvalue weighted by molar-refractivity contribution is 6.09. The second-order valence-electron chi connectivity index (χ2n) is 12.6. The molecule has 0 fully saturated rings. The van der Waals surface area contributed by atoms with Crippen molar-refractivity contribution in [1.29, 1.82) is 0 Å². The first-order valence-electron chi connectivity index (χ1n) is 16.5. The van der Waals surface area contributed by atoms with E-state index >= 15 is 0 Å². The van der Waals surface area contributed by atoms with E-state index in [0.29, 0.717) is 11.8 Å². The van der Waals surface area contributed by atoms with Crippen LogP contribution in [0.15, 0.2) is 170 Å². The fraction of sp³-hybridized carbons (Fsp3) is 0.0909. The van der Waals surface area contributed by atoms with Crippen LogP contribution in [0.4, 0.5) is 0 Å². The maximum absolute atomic E-state index is 5.21. The molecule has 2 aliphatic carbocycles. The van der Waals surface area contributed by atoms with Crippen LogP contribution in [0, 0.1) is 11.8 Å². The zero-order chi connectivity index (χ0) is 31.2. The van der Waals surface area contributed by atoms with Crippen LogP contribution in [0.5, 0.6) is 0 Å². The Labute approximate surface area is 274 Å². The number of hydrogen-bond acceptors (Lipinski definition) is 2. The van der Waals surface area contributed by atoms with E-state index in [1.165, 1.54) is 32.9 Å². The predicted molar refractivity (Wildman–Crippen MR) is 194 cm³/mol. The zero-order valence-corrected chi connectivity index (χ0v) is 25.9. The lowest BCUT2D eigenvalue weighted by Gasteiger charge is -2.29. The van der Waals surface area contributed by atoms with Crippen LogP contribution in [0.25, 0.3) is 61.3 Å². The van der Waals surface area contributed by atoms with Gasteiger partial charge in [-0.05, 0) is 53.8 Å². The number of aromatic nitrogens is 3. The summed E-state index contributed by atoms with van der Waals surface area (Å²) in [7, 11) is 0. The number of hydrogen-bond donors (Lipinski definition) is 0. The van der Waals surface area contributed by atoms with Crippen molar-refractivity contribution in [3.8, 4) is 39.5 Å². The van der Waals surface area contributed by atoms with E-state index in [-0.39, 0.29) is 5.92 Å². The minimum absolute atomic E-state index is 0.230. The van der Waals surface area contributed by atoms with Gasteiger partial charge in [-0.1, -0.05) is 140 Å². The zero-order valence-electron chi connectivity index (χ0n) is 25.9. The molecule has 0 aliphatic heterocycles. The van der Waals surface area contributed by atoms with Crippen molar-refractivity contribution in [1.82, 2.24) is 14.5 Å². The molecule has 9 rings (SSSR count). The van der Waals surface area contributed by atoms with Crippen molar-refractivity contribution in [2.75, 3.05) is 0 Å². The maximum Gasteiger partial charge on any atom is 0.160 e. The number of para-hydroxylation sites is 2. The molecule has 0 N–H and O–H groups in total. The molecule has 0 bridgehead atoms. The van der Waals surface area contributed by atoms with Crippen LogP contribution < -0.4 is 0 Å². The molecule has 3 heteroatoms. The third kappa shape index (κ3) is 5.01. The molecule has 7 aromatic rings. The second kappa shape index (κ2) is 11.5. The normalized spacial score (nSPS) is 18.5. The number of nitrogens with zero attached hydrogens (tertiary/aromatic N) is 3. The minimum atomic E-state index is 0.230. The summed E-state index contributed by atoms with van der Waals surface area (Å²) in [6, 6.07) is 47.5. The monoisotopic (exact) mass is 603 g/mol. The van der Waals surface area contributed by atoms with Crippen molar-refractivity contribution in [2.24, 2.45) is 11.8 Å².